The highest BCUT2D eigenvalue weighted by Crippen LogP contribution is 2.29. The summed E-state index contributed by atoms with van der Waals surface area (Å²) in [7, 11) is -3.63. The number of amides is 1. The van der Waals surface area contributed by atoms with Crippen LogP contribution in [0.1, 0.15) is 34.6 Å². The van der Waals surface area contributed by atoms with Crippen molar-refractivity contribution in [1.29, 1.82) is 0 Å². The molecule has 0 spiro atoms. The van der Waals surface area contributed by atoms with Gasteiger partial charge in [-0.25, -0.2) is 8.42 Å². The second-order valence-corrected chi connectivity index (χ2v) is 7.76. The lowest BCUT2D eigenvalue weighted by Crippen LogP contribution is -2.34. The van der Waals surface area contributed by atoms with E-state index in [2.05, 4.69) is 5.32 Å². The first-order valence-corrected chi connectivity index (χ1v) is 9.96. The summed E-state index contributed by atoms with van der Waals surface area (Å²) < 4.78 is 32.3. The lowest BCUT2D eigenvalue weighted by Gasteiger charge is -2.21. The average Bonchev–Trinajstić information content (AvgIpc) is 2.56. The Bertz CT molecular complexity index is 691. The van der Waals surface area contributed by atoms with Gasteiger partial charge >= 0.3 is 0 Å². The molecule has 26 heavy (non-hydrogen) atoms. The standard InChI is InChI=1S/C17H29N3O4S.ClH/c1-6-20(7-2)25(22,23)14-9-10-16(24-8-3)15(11-14)19-17(21)12(4)13(5)18;/h9-13H,6-8,18H2,1-5H3,(H,19,21);1H. The zero-order valence-corrected chi connectivity index (χ0v) is 17.6. The first-order valence-electron chi connectivity index (χ1n) is 8.52. The van der Waals surface area contributed by atoms with Crippen molar-refractivity contribution in [3.05, 3.63) is 18.2 Å². The van der Waals surface area contributed by atoms with Crippen molar-refractivity contribution in [1.82, 2.24) is 4.31 Å². The molecule has 1 rings (SSSR count). The molecule has 0 aliphatic rings. The first-order chi connectivity index (χ1) is 11.7. The molecule has 150 valence electrons. The second kappa shape index (κ2) is 10.7. The van der Waals surface area contributed by atoms with Crippen LogP contribution in [0, 0.1) is 5.92 Å². The number of anilines is 1. The van der Waals surface area contributed by atoms with Crippen molar-refractivity contribution in [2.75, 3.05) is 25.0 Å². The molecule has 0 aliphatic carbocycles. The Morgan fingerprint density at radius 2 is 1.81 bits per heavy atom. The number of benzene rings is 1. The van der Waals surface area contributed by atoms with Gasteiger partial charge in [0, 0.05) is 19.1 Å². The predicted octanol–water partition coefficient (Wildman–Crippen LogP) is 2.46. The quantitative estimate of drug-likeness (QED) is 0.654. The molecule has 0 radical (unpaired) electrons. The maximum atomic E-state index is 12.7. The van der Waals surface area contributed by atoms with E-state index in [0.29, 0.717) is 31.1 Å². The van der Waals surface area contributed by atoms with E-state index in [1.165, 1.54) is 16.4 Å². The van der Waals surface area contributed by atoms with E-state index in [-0.39, 0.29) is 29.3 Å². The van der Waals surface area contributed by atoms with Gasteiger partial charge in [-0.3, -0.25) is 4.79 Å². The van der Waals surface area contributed by atoms with Crippen LogP contribution in [0.4, 0.5) is 5.69 Å². The number of nitrogens with zero attached hydrogens (tertiary/aromatic N) is 1. The van der Waals surface area contributed by atoms with Crippen LogP contribution in [-0.2, 0) is 14.8 Å². The zero-order chi connectivity index (χ0) is 19.2. The van der Waals surface area contributed by atoms with Crippen LogP contribution in [0.25, 0.3) is 0 Å². The van der Waals surface area contributed by atoms with Gasteiger partial charge in [0.05, 0.1) is 23.1 Å². The monoisotopic (exact) mass is 407 g/mol. The molecule has 0 saturated heterocycles. The minimum absolute atomic E-state index is 0. The van der Waals surface area contributed by atoms with Crippen molar-refractivity contribution in [3.63, 3.8) is 0 Å². The smallest absolute Gasteiger partial charge is 0.243 e. The van der Waals surface area contributed by atoms with Crippen molar-refractivity contribution >= 4 is 34.0 Å². The number of nitrogens with two attached hydrogens (primary N) is 1. The van der Waals surface area contributed by atoms with Gasteiger partial charge in [-0.05, 0) is 32.0 Å². The number of rotatable bonds is 9. The van der Waals surface area contributed by atoms with Gasteiger partial charge in [-0.1, -0.05) is 20.8 Å². The average molecular weight is 408 g/mol. The van der Waals surface area contributed by atoms with E-state index in [0.717, 1.165) is 0 Å². The normalized spacial score (nSPS) is 13.7. The Balaban J connectivity index is 0.00000625. The number of sulfonamides is 1. The third kappa shape index (κ3) is 5.84. The van der Waals surface area contributed by atoms with Gasteiger partial charge < -0.3 is 15.8 Å². The SMILES string of the molecule is CCOc1ccc(S(=O)(=O)N(CC)CC)cc1NC(=O)C(C)C(C)N.Cl. The van der Waals surface area contributed by atoms with Crippen LogP contribution >= 0.6 is 12.4 Å². The van der Waals surface area contributed by atoms with Crippen molar-refractivity contribution in [2.24, 2.45) is 11.7 Å². The van der Waals surface area contributed by atoms with Gasteiger partial charge in [-0.2, -0.15) is 4.31 Å². The molecule has 9 heteroatoms. The minimum Gasteiger partial charge on any atom is -0.492 e. The Kier molecular flexibility index (Phi) is 10.2. The molecular formula is C17H30ClN3O4S. The highest BCUT2D eigenvalue weighted by atomic mass is 35.5. The number of nitrogens with one attached hydrogen (secondary N) is 1. The predicted molar refractivity (Wildman–Crippen MR) is 106 cm³/mol. The Labute approximate surface area is 162 Å². The maximum Gasteiger partial charge on any atom is 0.243 e. The van der Waals surface area contributed by atoms with Crippen molar-refractivity contribution in [2.45, 2.75) is 45.6 Å². The van der Waals surface area contributed by atoms with Crippen LogP contribution in [0.5, 0.6) is 5.75 Å². The van der Waals surface area contributed by atoms with E-state index in [1.807, 2.05) is 6.92 Å². The molecule has 7 nitrogen and oxygen atoms in total. The van der Waals surface area contributed by atoms with Gasteiger partial charge in [0.25, 0.3) is 0 Å². The van der Waals surface area contributed by atoms with Crippen LogP contribution in [0.3, 0.4) is 0 Å². The summed E-state index contributed by atoms with van der Waals surface area (Å²) >= 11 is 0. The fourth-order valence-corrected chi connectivity index (χ4v) is 3.73. The Morgan fingerprint density at radius 1 is 1.23 bits per heavy atom. The third-order valence-corrected chi connectivity index (χ3v) is 6.10. The second-order valence-electron chi connectivity index (χ2n) is 5.82. The number of carbonyl (C=O) groups excluding carboxylic acids is 1. The van der Waals surface area contributed by atoms with Crippen LogP contribution in [-0.4, -0.2) is 44.4 Å². The summed E-state index contributed by atoms with van der Waals surface area (Å²) in [5.74, 6) is -0.280. The molecule has 0 aliphatic heterocycles. The Hall–Kier alpha value is -1.35. The van der Waals surface area contributed by atoms with E-state index >= 15 is 0 Å². The topological polar surface area (TPSA) is 102 Å². The number of halogens is 1. The maximum absolute atomic E-state index is 12.7. The number of ether oxygens (including phenoxy) is 1. The molecule has 2 unspecified atom stereocenters. The van der Waals surface area contributed by atoms with Crippen LogP contribution < -0.4 is 15.8 Å². The molecule has 0 fully saturated rings. The summed E-state index contributed by atoms with van der Waals surface area (Å²) in [6.07, 6.45) is 0. The van der Waals surface area contributed by atoms with Gasteiger partial charge in [0.15, 0.2) is 0 Å². The first kappa shape index (κ1) is 24.7. The highest BCUT2D eigenvalue weighted by Gasteiger charge is 2.24. The minimum atomic E-state index is -3.63. The van der Waals surface area contributed by atoms with Crippen LogP contribution in [0.15, 0.2) is 23.1 Å². The third-order valence-electron chi connectivity index (χ3n) is 4.05. The molecular weight excluding hydrogens is 378 g/mol. The van der Waals surface area contributed by atoms with Gasteiger partial charge in [-0.15, -0.1) is 12.4 Å². The van der Waals surface area contributed by atoms with E-state index in [1.54, 1.807) is 33.8 Å². The van der Waals surface area contributed by atoms with Crippen molar-refractivity contribution < 1.29 is 17.9 Å². The van der Waals surface area contributed by atoms with E-state index in [9.17, 15) is 13.2 Å². The fourth-order valence-electron chi connectivity index (χ4n) is 2.25. The van der Waals surface area contributed by atoms with E-state index < -0.39 is 15.9 Å². The van der Waals surface area contributed by atoms with Gasteiger partial charge in [0.1, 0.15) is 5.75 Å². The number of hydrogen-bond acceptors (Lipinski definition) is 5. The molecule has 0 aromatic heterocycles. The molecule has 1 aromatic carbocycles. The number of hydrogen-bond donors (Lipinski definition) is 2. The summed E-state index contributed by atoms with van der Waals surface area (Å²) in [6, 6.07) is 4.16. The fraction of sp³-hybridized carbons (Fsp3) is 0.588. The molecule has 0 heterocycles. The molecule has 0 bridgehead atoms. The largest absolute Gasteiger partial charge is 0.492 e. The van der Waals surface area contributed by atoms with Crippen molar-refractivity contribution in [3.8, 4) is 5.75 Å². The van der Waals surface area contributed by atoms with Crippen LogP contribution in [0.2, 0.25) is 0 Å². The molecule has 2 atom stereocenters. The summed E-state index contributed by atoms with van der Waals surface area (Å²) in [6.45, 7) is 9.98. The van der Waals surface area contributed by atoms with Gasteiger partial charge in [0.2, 0.25) is 15.9 Å². The zero-order valence-electron chi connectivity index (χ0n) is 16.0. The summed E-state index contributed by atoms with van der Waals surface area (Å²) in [5, 5.41) is 2.74. The van der Waals surface area contributed by atoms with E-state index in [4.69, 9.17) is 10.5 Å². The molecule has 1 amide bonds. The molecule has 3 N–H and O–H groups in total. The summed E-state index contributed by atoms with van der Waals surface area (Å²) in [5.41, 5.74) is 6.09. The number of carbonyl (C=O) groups is 1. The lowest BCUT2D eigenvalue weighted by atomic mass is 10.0. The molecule has 1 aromatic rings. The Morgan fingerprint density at radius 3 is 2.27 bits per heavy atom. The lowest BCUT2D eigenvalue weighted by molar-refractivity contribution is -0.119. The molecule has 0 saturated carbocycles. The highest BCUT2D eigenvalue weighted by molar-refractivity contribution is 7.89. The summed E-state index contributed by atoms with van der Waals surface area (Å²) in [4.78, 5) is 12.4.